The van der Waals surface area contributed by atoms with Gasteiger partial charge in [-0.2, -0.15) is 0 Å². The standard InChI is InChI=1S/C6H11NO2S2/c1-6(7-5-10)3-4-11(2,8)9/h6H,3-4H2,1-2H3. The van der Waals surface area contributed by atoms with Crippen molar-refractivity contribution in [2.75, 3.05) is 12.0 Å². The number of aliphatic imine (C=N–C) groups is 1. The Kier molecular flexibility index (Phi) is 4.49. The third-order valence-electron chi connectivity index (χ3n) is 1.18. The first-order chi connectivity index (χ1) is 4.95. The SMILES string of the molecule is CC(CCS(C)(=O)=O)N=C=S. The topological polar surface area (TPSA) is 46.5 Å². The fourth-order valence-electron chi connectivity index (χ4n) is 0.539. The Bertz CT molecular complexity index is 252. The molecule has 0 aliphatic rings. The first-order valence-electron chi connectivity index (χ1n) is 3.20. The van der Waals surface area contributed by atoms with Gasteiger partial charge in [0.15, 0.2) is 0 Å². The van der Waals surface area contributed by atoms with Crippen LogP contribution >= 0.6 is 12.2 Å². The lowest BCUT2D eigenvalue weighted by molar-refractivity contribution is 0.593. The van der Waals surface area contributed by atoms with Crippen LogP contribution in [0.2, 0.25) is 0 Å². The van der Waals surface area contributed by atoms with Crippen molar-refractivity contribution in [2.24, 2.45) is 4.99 Å². The van der Waals surface area contributed by atoms with Gasteiger partial charge in [0.05, 0.1) is 17.0 Å². The van der Waals surface area contributed by atoms with E-state index in [1.807, 2.05) is 6.92 Å². The van der Waals surface area contributed by atoms with Gasteiger partial charge in [-0.15, -0.1) is 0 Å². The lowest BCUT2D eigenvalue weighted by Crippen LogP contribution is -2.09. The molecule has 1 atom stereocenters. The molecule has 0 radical (unpaired) electrons. The molecule has 0 fully saturated rings. The number of isothiocyanates is 1. The van der Waals surface area contributed by atoms with Crippen LogP contribution in [0.3, 0.4) is 0 Å². The van der Waals surface area contributed by atoms with Gasteiger partial charge < -0.3 is 0 Å². The highest BCUT2D eigenvalue weighted by molar-refractivity contribution is 7.90. The summed E-state index contributed by atoms with van der Waals surface area (Å²) in [6.45, 7) is 1.81. The second-order valence-corrected chi connectivity index (χ2v) is 4.93. The summed E-state index contributed by atoms with van der Waals surface area (Å²) in [6.07, 6.45) is 1.73. The third kappa shape index (κ3) is 7.65. The maximum Gasteiger partial charge on any atom is 0.147 e. The molecule has 0 aromatic heterocycles. The van der Waals surface area contributed by atoms with Crippen LogP contribution in [0.1, 0.15) is 13.3 Å². The highest BCUT2D eigenvalue weighted by atomic mass is 32.2. The molecule has 0 aromatic rings. The van der Waals surface area contributed by atoms with E-state index in [1.165, 1.54) is 6.26 Å². The average Bonchev–Trinajstić information content (AvgIpc) is 1.83. The van der Waals surface area contributed by atoms with E-state index in [4.69, 9.17) is 0 Å². The maximum atomic E-state index is 10.7. The fraction of sp³-hybridized carbons (Fsp3) is 0.833. The van der Waals surface area contributed by atoms with Gasteiger partial charge in [0, 0.05) is 6.26 Å². The van der Waals surface area contributed by atoms with E-state index in [1.54, 1.807) is 0 Å². The van der Waals surface area contributed by atoms with E-state index in [2.05, 4.69) is 22.4 Å². The largest absolute Gasteiger partial charge is 0.229 e. The summed E-state index contributed by atoms with van der Waals surface area (Å²) in [4.78, 5) is 3.73. The van der Waals surface area contributed by atoms with Gasteiger partial charge in [0.2, 0.25) is 0 Å². The second-order valence-electron chi connectivity index (χ2n) is 2.49. The molecule has 0 aromatic carbocycles. The molecular weight excluding hydrogens is 182 g/mol. The molecule has 0 rings (SSSR count). The normalized spacial score (nSPS) is 13.6. The molecular formula is C6H11NO2S2. The predicted molar refractivity (Wildman–Crippen MR) is 48.8 cm³/mol. The lowest BCUT2D eigenvalue weighted by atomic mass is 10.3. The van der Waals surface area contributed by atoms with Gasteiger partial charge in [-0.3, -0.25) is 0 Å². The molecule has 0 saturated carbocycles. The van der Waals surface area contributed by atoms with Crippen LogP contribution in [-0.4, -0.2) is 31.6 Å². The Morgan fingerprint density at radius 2 is 2.18 bits per heavy atom. The van der Waals surface area contributed by atoms with E-state index in [0.717, 1.165) is 0 Å². The molecule has 0 N–H and O–H groups in total. The molecule has 1 unspecified atom stereocenters. The minimum absolute atomic E-state index is 0.0396. The lowest BCUT2D eigenvalue weighted by Gasteiger charge is -2.01. The van der Waals surface area contributed by atoms with Crippen LogP contribution in [0.25, 0.3) is 0 Å². The molecule has 11 heavy (non-hydrogen) atoms. The highest BCUT2D eigenvalue weighted by Gasteiger charge is 2.05. The first kappa shape index (κ1) is 10.8. The number of rotatable bonds is 4. The summed E-state index contributed by atoms with van der Waals surface area (Å²) in [5.74, 6) is 0.161. The Morgan fingerprint density at radius 1 is 1.64 bits per heavy atom. The van der Waals surface area contributed by atoms with Crippen molar-refractivity contribution in [3.05, 3.63) is 0 Å². The Labute approximate surface area is 72.4 Å². The molecule has 0 aliphatic carbocycles. The third-order valence-corrected chi connectivity index (χ3v) is 2.26. The van der Waals surface area contributed by atoms with Crippen LogP contribution < -0.4 is 0 Å². The van der Waals surface area contributed by atoms with E-state index in [9.17, 15) is 8.42 Å². The van der Waals surface area contributed by atoms with Crippen LogP contribution in [0.4, 0.5) is 0 Å². The predicted octanol–water partition coefficient (Wildman–Crippen LogP) is 0.912. The fourth-order valence-corrected chi connectivity index (χ4v) is 1.49. The first-order valence-corrected chi connectivity index (χ1v) is 5.67. The number of nitrogens with zero attached hydrogens (tertiary/aromatic N) is 1. The zero-order valence-electron chi connectivity index (χ0n) is 6.57. The van der Waals surface area contributed by atoms with Crippen molar-refractivity contribution in [3.63, 3.8) is 0 Å². The van der Waals surface area contributed by atoms with Crippen LogP contribution in [0, 0.1) is 0 Å². The van der Waals surface area contributed by atoms with Crippen molar-refractivity contribution in [1.29, 1.82) is 0 Å². The van der Waals surface area contributed by atoms with Crippen molar-refractivity contribution in [3.8, 4) is 0 Å². The van der Waals surface area contributed by atoms with Crippen LogP contribution in [-0.2, 0) is 9.84 Å². The molecule has 0 saturated heterocycles. The summed E-state index contributed by atoms with van der Waals surface area (Å²) in [6, 6.07) is -0.0396. The summed E-state index contributed by atoms with van der Waals surface area (Å²) < 4.78 is 21.3. The number of hydrogen-bond acceptors (Lipinski definition) is 4. The minimum Gasteiger partial charge on any atom is -0.229 e. The van der Waals surface area contributed by atoms with E-state index >= 15 is 0 Å². The molecule has 0 spiro atoms. The van der Waals surface area contributed by atoms with Gasteiger partial charge in [-0.25, -0.2) is 13.4 Å². The maximum absolute atomic E-state index is 10.7. The highest BCUT2D eigenvalue weighted by Crippen LogP contribution is 1.98. The second kappa shape index (κ2) is 4.59. The van der Waals surface area contributed by atoms with Crippen molar-refractivity contribution in [2.45, 2.75) is 19.4 Å². The van der Waals surface area contributed by atoms with Gasteiger partial charge in [0.1, 0.15) is 9.84 Å². The van der Waals surface area contributed by atoms with Crippen molar-refractivity contribution >= 4 is 27.2 Å². The molecule has 0 heterocycles. The zero-order valence-corrected chi connectivity index (χ0v) is 8.20. The van der Waals surface area contributed by atoms with Crippen LogP contribution in [0.15, 0.2) is 4.99 Å². The summed E-state index contributed by atoms with van der Waals surface area (Å²) >= 11 is 4.37. The molecule has 0 aliphatic heterocycles. The quantitative estimate of drug-likeness (QED) is 0.492. The molecule has 0 amide bonds. The van der Waals surface area contributed by atoms with Gasteiger partial charge in [0.25, 0.3) is 0 Å². The Balaban J connectivity index is 3.81. The summed E-state index contributed by atoms with van der Waals surface area (Å²) in [5, 5.41) is 2.22. The number of hydrogen-bond donors (Lipinski definition) is 0. The van der Waals surface area contributed by atoms with Crippen molar-refractivity contribution < 1.29 is 8.42 Å². The van der Waals surface area contributed by atoms with E-state index in [-0.39, 0.29) is 11.8 Å². The average molecular weight is 193 g/mol. The van der Waals surface area contributed by atoms with E-state index < -0.39 is 9.84 Å². The monoisotopic (exact) mass is 193 g/mol. The number of sulfone groups is 1. The van der Waals surface area contributed by atoms with Gasteiger partial charge in [-0.1, -0.05) is 0 Å². The van der Waals surface area contributed by atoms with E-state index in [0.29, 0.717) is 6.42 Å². The Hall–Kier alpha value is -0.250. The Morgan fingerprint density at radius 3 is 2.55 bits per heavy atom. The molecule has 3 nitrogen and oxygen atoms in total. The van der Waals surface area contributed by atoms with Crippen molar-refractivity contribution in [1.82, 2.24) is 0 Å². The minimum atomic E-state index is -2.86. The summed E-state index contributed by atoms with van der Waals surface area (Å²) in [7, 11) is -2.86. The smallest absolute Gasteiger partial charge is 0.147 e. The van der Waals surface area contributed by atoms with Gasteiger partial charge >= 0.3 is 0 Å². The van der Waals surface area contributed by atoms with Gasteiger partial charge in [-0.05, 0) is 25.6 Å². The zero-order chi connectivity index (χ0) is 8.91. The number of thiocarbonyl (C=S) groups is 1. The molecule has 5 heteroatoms. The molecule has 64 valence electrons. The summed E-state index contributed by atoms with van der Waals surface area (Å²) in [5.41, 5.74) is 0. The van der Waals surface area contributed by atoms with Crippen LogP contribution in [0.5, 0.6) is 0 Å². The molecule has 0 bridgehead atoms.